The van der Waals surface area contributed by atoms with Crippen molar-refractivity contribution in [1.82, 2.24) is 5.01 Å². The molecule has 0 radical (unpaired) electrons. The summed E-state index contributed by atoms with van der Waals surface area (Å²) in [5.74, 6) is 1.80. The molecule has 0 bridgehead atoms. The van der Waals surface area contributed by atoms with Crippen molar-refractivity contribution in [3.05, 3.63) is 56.5 Å². The van der Waals surface area contributed by atoms with Crippen molar-refractivity contribution in [2.75, 3.05) is 7.11 Å². The molecule has 2 atom stereocenters. The zero-order valence-electron chi connectivity index (χ0n) is 14.7. The van der Waals surface area contributed by atoms with E-state index in [-0.39, 0.29) is 12.3 Å². The Balaban J connectivity index is 1.72. The molecule has 136 valence electrons. The van der Waals surface area contributed by atoms with Gasteiger partial charge in [0.15, 0.2) is 6.23 Å². The first kappa shape index (κ1) is 17.9. The molecule has 0 fully saturated rings. The molecule has 2 aromatic rings. The average Bonchev–Trinajstić information content (AvgIpc) is 3.09. The van der Waals surface area contributed by atoms with Gasteiger partial charge in [-0.1, -0.05) is 29.3 Å². The third kappa shape index (κ3) is 3.14. The lowest BCUT2D eigenvalue weighted by molar-refractivity contribution is -0.0229. The molecule has 26 heavy (non-hydrogen) atoms. The van der Waals surface area contributed by atoms with Gasteiger partial charge in [0.2, 0.25) is 0 Å². The highest BCUT2D eigenvalue weighted by atomic mass is 79.9. The summed E-state index contributed by atoms with van der Waals surface area (Å²) in [7, 11) is 1.68. The molecule has 0 aliphatic carbocycles. The van der Waals surface area contributed by atoms with Crippen molar-refractivity contribution in [3.63, 3.8) is 0 Å². The van der Waals surface area contributed by atoms with Crippen LogP contribution in [0.2, 0.25) is 0 Å². The van der Waals surface area contributed by atoms with E-state index in [1.54, 1.807) is 7.11 Å². The summed E-state index contributed by atoms with van der Waals surface area (Å²) < 4.78 is 13.6. The number of hydrogen-bond donors (Lipinski definition) is 0. The van der Waals surface area contributed by atoms with E-state index in [2.05, 4.69) is 62.0 Å². The highest BCUT2D eigenvalue weighted by Gasteiger charge is 2.40. The van der Waals surface area contributed by atoms with E-state index in [0.717, 1.165) is 51.0 Å². The molecule has 4 rings (SSSR count). The lowest BCUT2D eigenvalue weighted by Gasteiger charge is -2.38. The second-order valence-corrected chi connectivity index (χ2v) is 8.31. The van der Waals surface area contributed by atoms with Gasteiger partial charge >= 0.3 is 0 Å². The van der Waals surface area contributed by atoms with E-state index >= 15 is 0 Å². The number of nitrogens with zero attached hydrogens (tertiary/aromatic N) is 2. The Kier molecular flexibility index (Phi) is 4.97. The third-order valence-corrected chi connectivity index (χ3v) is 5.89. The second kappa shape index (κ2) is 7.24. The largest absolute Gasteiger partial charge is 0.497 e. The monoisotopic (exact) mass is 478 g/mol. The van der Waals surface area contributed by atoms with Crippen molar-refractivity contribution < 1.29 is 9.47 Å². The second-order valence-electron chi connectivity index (χ2n) is 6.54. The van der Waals surface area contributed by atoms with Crippen LogP contribution in [0.3, 0.4) is 0 Å². The predicted octanol–water partition coefficient (Wildman–Crippen LogP) is 5.89. The van der Waals surface area contributed by atoms with Crippen molar-refractivity contribution in [2.24, 2.45) is 5.10 Å². The Labute approximate surface area is 170 Å². The summed E-state index contributed by atoms with van der Waals surface area (Å²) in [6, 6.07) is 12.5. The topological polar surface area (TPSA) is 34.1 Å². The molecule has 0 saturated carbocycles. The van der Waals surface area contributed by atoms with Gasteiger partial charge in [-0.2, -0.15) is 5.10 Å². The maximum atomic E-state index is 6.32. The summed E-state index contributed by atoms with van der Waals surface area (Å²) >= 11 is 7.26. The van der Waals surface area contributed by atoms with E-state index in [9.17, 15) is 0 Å². The Morgan fingerprint density at radius 2 is 2.00 bits per heavy atom. The predicted molar refractivity (Wildman–Crippen MR) is 110 cm³/mol. The van der Waals surface area contributed by atoms with Gasteiger partial charge in [0.05, 0.1) is 23.3 Å². The molecule has 0 N–H and O–H groups in total. The number of rotatable bonds is 4. The van der Waals surface area contributed by atoms with Gasteiger partial charge in [-0.3, -0.25) is 5.01 Å². The minimum absolute atomic E-state index is 0.0364. The lowest BCUT2D eigenvalue weighted by Crippen LogP contribution is -2.40. The Bertz CT molecular complexity index is 852. The minimum Gasteiger partial charge on any atom is -0.497 e. The van der Waals surface area contributed by atoms with Gasteiger partial charge < -0.3 is 9.47 Å². The number of hydrazone groups is 1. The van der Waals surface area contributed by atoms with Crippen LogP contribution >= 0.6 is 31.9 Å². The third-order valence-electron chi connectivity index (χ3n) is 4.85. The van der Waals surface area contributed by atoms with Crippen LogP contribution in [0.5, 0.6) is 11.5 Å². The highest BCUT2D eigenvalue weighted by molar-refractivity contribution is 9.11. The Morgan fingerprint density at radius 3 is 2.69 bits per heavy atom. The van der Waals surface area contributed by atoms with Gasteiger partial charge in [0.25, 0.3) is 0 Å². The van der Waals surface area contributed by atoms with Crippen molar-refractivity contribution >= 4 is 37.6 Å². The standard InChI is InChI=1S/C20H20Br2N2O2/c1-3-4-19-24-18(15-9-13(21)10-16(22)20(15)26-19)11-17(23-24)12-5-7-14(25-2)8-6-12/h5-10,18-19H,3-4,11H2,1-2H3/t18-,19-/m1/s1. The SMILES string of the molecule is CCC[C@H]1Oc2c(Br)cc(Br)cc2[C@H]2CC(c3ccc(OC)cc3)=NN21. The maximum Gasteiger partial charge on any atom is 0.187 e. The van der Waals surface area contributed by atoms with E-state index in [0.29, 0.717) is 0 Å². The van der Waals surface area contributed by atoms with Crippen LogP contribution in [0.1, 0.15) is 43.4 Å². The van der Waals surface area contributed by atoms with Crippen LogP contribution < -0.4 is 9.47 Å². The van der Waals surface area contributed by atoms with Crippen molar-refractivity contribution in [3.8, 4) is 11.5 Å². The Hall–Kier alpha value is -1.53. The summed E-state index contributed by atoms with van der Waals surface area (Å²) in [5.41, 5.74) is 3.39. The van der Waals surface area contributed by atoms with Gasteiger partial charge in [0, 0.05) is 22.9 Å². The van der Waals surface area contributed by atoms with Crippen LogP contribution in [-0.4, -0.2) is 24.1 Å². The zero-order chi connectivity index (χ0) is 18.3. The summed E-state index contributed by atoms with van der Waals surface area (Å²) in [5, 5.41) is 7.09. The van der Waals surface area contributed by atoms with Gasteiger partial charge in [-0.25, -0.2) is 0 Å². The summed E-state index contributed by atoms with van der Waals surface area (Å²) in [6.07, 6.45) is 2.82. The van der Waals surface area contributed by atoms with E-state index in [4.69, 9.17) is 14.6 Å². The molecular weight excluding hydrogens is 460 g/mol. The highest BCUT2D eigenvalue weighted by Crippen LogP contribution is 2.47. The molecule has 2 aliphatic heterocycles. The quantitative estimate of drug-likeness (QED) is 0.548. The van der Waals surface area contributed by atoms with Crippen LogP contribution in [0, 0.1) is 0 Å². The van der Waals surface area contributed by atoms with Gasteiger partial charge in [0.1, 0.15) is 11.5 Å². The molecule has 0 saturated heterocycles. The van der Waals surface area contributed by atoms with Gasteiger partial charge in [-0.15, -0.1) is 0 Å². The fraction of sp³-hybridized carbons (Fsp3) is 0.350. The zero-order valence-corrected chi connectivity index (χ0v) is 17.9. The fourth-order valence-corrected chi connectivity index (χ4v) is 4.94. The van der Waals surface area contributed by atoms with Gasteiger partial charge in [-0.05, 0) is 57.9 Å². The minimum atomic E-state index is -0.0364. The molecule has 0 unspecified atom stereocenters. The molecular formula is C20H20Br2N2O2. The maximum absolute atomic E-state index is 6.32. The molecule has 0 amide bonds. The normalized spacial score (nSPS) is 20.9. The fourth-order valence-electron chi connectivity index (χ4n) is 3.58. The summed E-state index contributed by atoms with van der Waals surface area (Å²) in [6.45, 7) is 2.18. The molecule has 0 aromatic heterocycles. The van der Waals surface area contributed by atoms with Crippen LogP contribution in [0.4, 0.5) is 0 Å². The van der Waals surface area contributed by atoms with E-state index < -0.39 is 0 Å². The first-order valence-corrected chi connectivity index (χ1v) is 10.3. The van der Waals surface area contributed by atoms with E-state index in [1.807, 2.05) is 18.2 Å². The van der Waals surface area contributed by atoms with Crippen molar-refractivity contribution in [1.29, 1.82) is 0 Å². The Morgan fingerprint density at radius 1 is 1.23 bits per heavy atom. The number of ether oxygens (including phenoxy) is 2. The smallest absolute Gasteiger partial charge is 0.187 e. The molecule has 0 spiro atoms. The number of methoxy groups -OCH3 is 1. The molecule has 2 heterocycles. The molecule has 2 aromatic carbocycles. The first-order chi connectivity index (χ1) is 12.6. The van der Waals surface area contributed by atoms with Crippen LogP contribution in [0.25, 0.3) is 0 Å². The molecule has 4 nitrogen and oxygen atoms in total. The number of fused-ring (bicyclic) bond motifs is 3. The lowest BCUT2D eigenvalue weighted by atomic mass is 9.96. The average molecular weight is 480 g/mol. The summed E-state index contributed by atoms with van der Waals surface area (Å²) in [4.78, 5) is 0. The first-order valence-electron chi connectivity index (χ1n) is 8.76. The van der Waals surface area contributed by atoms with Crippen molar-refractivity contribution in [2.45, 2.75) is 38.5 Å². The van der Waals surface area contributed by atoms with Crippen LogP contribution in [-0.2, 0) is 0 Å². The number of benzene rings is 2. The molecule has 2 aliphatic rings. The van der Waals surface area contributed by atoms with E-state index in [1.165, 1.54) is 5.56 Å². The number of halogens is 2. The molecule has 6 heteroatoms. The van der Waals surface area contributed by atoms with Crippen LogP contribution in [0.15, 0.2) is 50.4 Å². The number of hydrogen-bond acceptors (Lipinski definition) is 4.